The summed E-state index contributed by atoms with van der Waals surface area (Å²) in [5.41, 5.74) is 0. The highest BCUT2D eigenvalue weighted by Gasteiger charge is 2.18. The summed E-state index contributed by atoms with van der Waals surface area (Å²) in [5.74, 6) is 0.922. The van der Waals surface area contributed by atoms with Crippen LogP contribution in [-0.4, -0.2) is 29.0 Å². The van der Waals surface area contributed by atoms with Crippen molar-refractivity contribution in [1.82, 2.24) is 4.90 Å². The minimum atomic E-state index is 0.866. The molecular formula is C8H16IN. The summed E-state index contributed by atoms with van der Waals surface area (Å²) in [6.45, 7) is 4.95. The van der Waals surface area contributed by atoms with E-state index in [1.165, 1.54) is 25.9 Å². The molecule has 0 bridgehead atoms. The van der Waals surface area contributed by atoms with E-state index in [-0.39, 0.29) is 0 Å². The van der Waals surface area contributed by atoms with Gasteiger partial charge in [-0.2, -0.15) is 0 Å². The summed E-state index contributed by atoms with van der Waals surface area (Å²) >= 11 is 2.58. The van der Waals surface area contributed by atoms with Crippen LogP contribution in [0, 0.1) is 5.92 Å². The van der Waals surface area contributed by atoms with E-state index in [9.17, 15) is 0 Å². The summed E-state index contributed by atoms with van der Waals surface area (Å²) in [4.78, 5) is 2.45. The molecule has 1 fully saturated rings. The Hall–Kier alpha value is 0.690. The topological polar surface area (TPSA) is 3.24 Å². The third-order valence-corrected chi connectivity index (χ3v) is 3.92. The zero-order valence-corrected chi connectivity index (χ0v) is 8.97. The summed E-state index contributed by atoms with van der Waals surface area (Å²) in [6.07, 6.45) is 2.80. The lowest BCUT2D eigenvalue weighted by Gasteiger charge is -2.17. The summed E-state index contributed by atoms with van der Waals surface area (Å²) in [5, 5.41) is 0. The van der Waals surface area contributed by atoms with E-state index in [1.807, 2.05) is 0 Å². The second-order valence-corrected chi connectivity index (χ2v) is 5.00. The Bertz CT molecular complexity index is 105. The van der Waals surface area contributed by atoms with Gasteiger partial charge in [0.2, 0.25) is 0 Å². The maximum Gasteiger partial charge on any atom is 0.0262 e. The van der Waals surface area contributed by atoms with Crippen LogP contribution in [0.4, 0.5) is 0 Å². The third kappa shape index (κ3) is 2.38. The van der Waals surface area contributed by atoms with E-state index in [0.29, 0.717) is 0 Å². The molecule has 0 saturated carbocycles. The molecule has 10 heavy (non-hydrogen) atoms. The molecule has 1 heterocycles. The molecule has 0 spiro atoms. The monoisotopic (exact) mass is 253 g/mol. The first-order valence-electron chi connectivity index (χ1n) is 4.03. The summed E-state index contributed by atoms with van der Waals surface area (Å²) < 4.78 is 0.866. The van der Waals surface area contributed by atoms with Crippen molar-refractivity contribution in [3.05, 3.63) is 0 Å². The van der Waals surface area contributed by atoms with Gasteiger partial charge in [0.1, 0.15) is 0 Å². The van der Waals surface area contributed by atoms with Crippen LogP contribution in [0.3, 0.4) is 0 Å². The van der Waals surface area contributed by atoms with Crippen molar-refractivity contribution in [2.24, 2.45) is 5.92 Å². The van der Waals surface area contributed by atoms with Crippen molar-refractivity contribution in [2.75, 3.05) is 20.1 Å². The number of alkyl halides is 1. The molecule has 2 heteroatoms. The Kier molecular flexibility index (Phi) is 3.43. The number of halogens is 1. The van der Waals surface area contributed by atoms with Crippen molar-refractivity contribution < 1.29 is 0 Å². The average Bonchev–Trinajstić information content (AvgIpc) is 1.96. The lowest BCUT2D eigenvalue weighted by molar-refractivity contribution is 0.352. The normalized spacial score (nSPS) is 37.5. The summed E-state index contributed by atoms with van der Waals surface area (Å²) in [6, 6.07) is 0. The van der Waals surface area contributed by atoms with Gasteiger partial charge in [0, 0.05) is 10.5 Å². The highest BCUT2D eigenvalue weighted by atomic mass is 127. The van der Waals surface area contributed by atoms with E-state index < -0.39 is 0 Å². The van der Waals surface area contributed by atoms with Crippen LogP contribution in [-0.2, 0) is 0 Å². The summed E-state index contributed by atoms with van der Waals surface area (Å²) in [7, 11) is 2.23. The molecule has 1 aliphatic heterocycles. The van der Waals surface area contributed by atoms with Gasteiger partial charge in [-0.3, -0.25) is 0 Å². The Morgan fingerprint density at radius 1 is 1.50 bits per heavy atom. The van der Waals surface area contributed by atoms with Gasteiger partial charge < -0.3 is 4.90 Å². The van der Waals surface area contributed by atoms with Crippen molar-refractivity contribution >= 4 is 22.6 Å². The molecular weight excluding hydrogens is 237 g/mol. The van der Waals surface area contributed by atoms with Crippen LogP contribution in [0.5, 0.6) is 0 Å². The maximum absolute atomic E-state index is 2.58. The van der Waals surface area contributed by atoms with Crippen molar-refractivity contribution in [3.8, 4) is 0 Å². The molecule has 1 saturated heterocycles. The second kappa shape index (κ2) is 3.90. The Labute approximate surface area is 77.3 Å². The number of hydrogen-bond acceptors (Lipinski definition) is 1. The molecule has 0 radical (unpaired) electrons. The van der Waals surface area contributed by atoms with Gasteiger partial charge in [0.05, 0.1) is 0 Å². The van der Waals surface area contributed by atoms with E-state index in [1.54, 1.807) is 0 Å². The first kappa shape index (κ1) is 8.78. The molecule has 0 aliphatic carbocycles. The fourth-order valence-electron chi connectivity index (χ4n) is 1.43. The first-order valence-corrected chi connectivity index (χ1v) is 5.27. The molecule has 0 aromatic rings. The van der Waals surface area contributed by atoms with Gasteiger partial charge in [-0.05, 0) is 32.4 Å². The largest absolute Gasteiger partial charge is 0.305 e. The van der Waals surface area contributed by atoms with Crippen molar-refractivity contribution in [1.29, 1.82) is 0 Å². The SMILES string of the molecule is CC1CCCN(C)C[C@H]1I. The van der Waals surface area contributed by atoms with E-state index in [2.05, 4.69) is 41.5 Å². The van der Waals surface area contributed by atoms with Crippen LogP contribution in [0.1, 0.15) is 19.8 Å². The molecule has 1 unspecified atom stereocenters. The fraction of sp³-hybridized carbons (Fsp3) is 1.00. The van der Waals surface area contributed by atoms with Gasteiger partial charge in [0.25, 0.3) is 0 Å². The standard InChI is InChI=1S/C8H16IN/c1-7-4-3-5-10(2)6-8(7)9/h7-8H,3-6H2,1-2H3/t7?,8-/m1/s1. The van der Waals surface area contributed by atoms with Crippen LogP contribution >= 0.6 is 22.6 Å². The molecule has 0 N–H and O–H groups in total. The van der Waals surface area contributed by atoms with Crippen molar-refractivity contribution in [3.63, 3.8) is 0 Å². The predicted octanol–water partition coefficient (Wildman–Crippen LogP) is 2.15. The molecule has 2 atom stereocenters. The average molecular weight is 253 g/mol. The Morgan fingerprint density at radius 2 is 2.20 bits per heavy atom. The fourth-order valence-corrected chi connectivity index (χ4v) is 2.47. The van der Waals surface area contributed by atoms with Crippen LogP contribution in [0.15, 0.2) is 0 Å². The smallest absolute Gasteiger partial charge is 0.0262 e. The number of likely N-dealkylation sites (tertiary alicyclic amines) is 1. The quantitative estimate of drug-likeness (QED) is 0.472. The van der Waals surface area contributed by atoms with Crippen LogP contribution < -0.4 is 0 Å². The van der Waals surface area contributed by atoms with Gasteiger partial charge in [-0.1, -0.05) is 29.5 Å². The molecule has 0 aromatic carbocycles. The van der Waals surface area contributed by atoms with E-state index >= 15 is 0 Å². The maximum atomic E-state index is 2.58. The third-order valence-electron chi connectivity index (χ3n) is 2.30. The first-order chi connectivity index (χ1) is 4.70. The van der Waals surface area contributed by atoms with Gasteiger partial charge in [0.15, 0.2) is 0 Å². The highest BCUT2D eigenvalue weighted by molar-refractivity contribution is 14.1. The predicted molar refractivity (Wildman–Crippen MR) is 53.7 cm³/mol. The number of rotatable bonds is 0. The van der Waals surface area contributed by atoms with Gasteiger partial charge in [-0.15, -0.1) is 0 Å². The zero-order chi connectivity index (χ0) is 7.56. The molecule has 60 valence electrons. The number of hydrogen-bond donors (Lipinski definition) is 0. The van der Waals surface area contributed by atoms with Crippen molar-refractivity contribution in [2.45, 2.75) is 23.7 Å². The lowest BCUT2D eigenvalue weighted by atomic mass is 10.0. The molecule has 0 amide bonds. The van der Waals surface area contributed by atoms with Crippen LogP contribution in [0.25, 0.3) is 0 Å². The second-order valence-electron chi connectivity index (χ2n) is 3.40. The Balaban J connectivity index is 2.41. The molecule has 1 rings (SSSR count). The minimum absolute atomic E-state index is 0.866. The van der Waals surface area contributed by atoms with E-state index in [4.69, 9.17) is 0 Å². The number of nitrogens with zero attached hydrogens (tertiary/aromatic N) is 1. The molecule has 0 aromatic heterocycles. The van der Waals surface area contributed by atoms with Crippen LogP contribution in [0.2, 0.25) is 0 Å². The lowest BCUT2D eigenvalue weighted by Crippen LogP contribution is -2.26. The van der Waals surface area contributed by atoms with E-state index in [0.717, 1.165) is 9.84 Å². The molecule has 1 nitrogen and oxygen atoms in total. The van der Waals surface area contributed by atoms with Gasteiger partial charge in [-0.25, -0.2) is 0 Å². The zero-order valence-electron chi connectivity index (χ0n) is 6.81. The Morgan fingerprint density at radius 3 is 2.90 bits per heavy atom. The minimum Gasteiger partial charge on any atom is -0.305 e. The highest BCUT2D eigenvalue weighted by Crippen LogP contribution is 2.22. The molecule has 1 aliphatic rings. The van der Waals surface area contributed by atoms with Gasteiger partial charge >= 0.3 is 0 Å².